The minimum absolute atomic E-state index is 0.142. The van der Waals surface area contributed by atoms with E-state index >= 15 is 0 Å². The Hall–Kier alpha value is -2.06. The number of hydrogen-bond acceptors (Lipinski definition) is 5. The molecule has 0 amide bonds. The number of nitrogens with one attached hydrogen (secondary N) is 1. The Morgan fingerprint density at radius 3 is 2.39 bits per heavy atom. The average Bonchev–Trinajstić information content (AvgIpc) is 2.56. The molecule has 0 aliphatic heterocycles. The van der Waals surface area contributed by atoms with Crippen molar-refractivity contribution in [2.75, 3.05) is 14.2 Å². The fraction of sp³-hybridized carbons (Fsp3) is 0.133. The summed E-state index contributed by atoms with van der Waals surface area (Å²) in [5.74, 6) is 1.06. The van der Waals surface area contributed by atoms with Crippen LogP contribution in [0.4, 0.5) is 0 Å². The van der Waals surface area contributed by atoms with E-state index in [-0.39, 0.29) is 4.90 Å². The Bertz CT molecular complexity index is 808. The van der Waals surface area contributed by atoms with E-state index in [4.69, 9.17) is 9.47 Å². The molecule has 0 radical (unpaired) electrons. The molecular weight excluding hydrogens is 384 g/mol. The van der Waals surface area contributed by atoms with Crippen molar-refractivity contribution in [3.8, 4) is 11.5 Å². The van der Waals surface area contributed by atoms with Crippen molar-refractivity contribution in [1.82, 2.24) is 4.83 Å². The van der Waals surface area contributed by atoms with E-state index in [1.54, 1.807) is 30.3 Å². The van der Waals surface area contributed by atoms with Crippen LogP contribution in [0.2, 0.25) is 0 Å². The third kappa shape index (κ3) is 4.02. The minimum Gasteiger partial charge on any atom is -0.493 e. The van der Waals surface area contributed by atoms with E-state index in [0.717, 1.165) is 0 Å². The van der Waals surface area contributed by atoms with E-state index in [9.17, 15) is 8.42 Å². The summed E-state index contributed by atoms with van der Waals surface area (Å²) in [6.45, 7) is 0. The Labute approximate surface area is 143 Å². The molecule has 8 heteroatoms. The lowest BCUT2D eigenvalue weighted by Crippen LogP contribution is -2.18. The van der Waals surface area contributed by atoms with Crippen LogP contribution in [-0.2, 0) is 10.0 Å². The summed E-state index contributed by atoms with van der Waals surface area (Å²) in [7, 11) is -0.642. The molecule has 0 heterocycles. The molecule has 0 atom stereocenters. The van der Waals surface area contributed by atoms with Gasteiger partial charge in [0.05, 0.1) is 29.8 Å². The van der Waals surface area contributed by atoms with Crippen LogP contribution in [0.1, 0.15) is 5.56 Å². The van der Waals surface area contributed by atoms with Gasteiger partial charge >= 0.3 is 0 Å². The number of halogens is 1. The summed E-state index contributed by atoms with van der Waals surface area (Å²) in [5, 5.41) is 3.79. The Balaban J connectivity index is 2.22. The molecule has 0 aliphatic rings. The largest absolute Gasteiger partial charge is 0.493 e. The molecule has 0 saturated carbocycles. The van der Waals surface area contributed by atoms with Crippen molar-refractivity contribution in [2.45, 2.75) is 4.90 Å². The predicted octanol–water partition coefficient (Wildman–Crippen LogP) is 2.78. The van der Waals surface area contributed by atoms with Crippen LogP contribution < -0.4 is 14.3 Å². The fourth-order valence-corrected chi connectivity index (χ4v) is 3.23. The van der Waals surface area contributed by atoms with E-state index in [0.29, 0.717) is 21.5 Å². The minimum atomic E-state index is -3.69. The molecule has 2 rings (SSSR count). The summed E-state index contributed by atoms with van der Waals surface area (Å²) in [4.78, 5) is 2.31. The van der Waals surface area contributed by atoms with Crippen molar-refractivity contribution in [2.24, 2.45) is 5.10 Å². The molecule has 0 aliphatic carbocycles. The standard InChI is InChI=1S/C15H15BrN2O4S/c1-21-13-9-8-11(14(16)15(13)22-2)10-17-18-23(19,20)12-6-4-3-5-7-12/h3-10,18H,1-2H3/b17-10+. The molecule has 0 bridgehead atoms. The zero-order chi connectivity index (χ0) is 16.9. The van der Waals surface area contributed by atoms with Crippen LogP contribution in [0.5, 0.6) is 11.5 Å². The number of methoxy groups -OCH3 is 2. The molecule has 2 aromatic carbocycles. The van der Waals surface area contributed by atoms with Crippen LogP contribution in [0.3, 0.4) is 0 Å². The molecule has 23 heavy (non-hydrogen) atoms. The summed E-state index contributed by atoms with van der Waals surface area (Å²) in [5.41, 5.74) is 0.637. The summed E-state index contributed by atoms with van der Waals surface area (Å²) in [6, 6.07) is 11.4. The number of benzene rings is 2. The van der Waals surface area contributed by atoms with Crippen LogP contribution in [-0.4, -0.2) is 28.9 Å². The molecular formula is C15H15BrN2O4S. The average molecular weight is 399 g/mol. The van der Waals surface area contributed by atoms with Crippen LogP contribution in [0, 0.1) is 0 Å². The monoisotopic (exact) mass is 398 g/mol. The lowest BCUT2D eigenvalue weighted by molar-refractivity contribution is 0.353. The van der Waals surface area contributed by atoms with Gasteiger partial charge in [0.15, 0.2) is 11.5 Å². The highest BCUT2D eigenvalue weighted by Gasteiger charge is 2.13. The van der Waals surface area contributed by atoms with Crippen molar-refractivity contribution >= 4 is 32.2 Å². The van der Waals surface area contributed by atoms with Crippen molar-refractivity contribution in [1.29, 1.82) is 0 Å². The number of sulfonamides is 1. The van der Waals surface area contributed by atoms with Crippen LogP contribution in [0.25, 0.3) is 0 Å². The van der Waals surface area contributed by atoms with Crippen molar-refractivity contribution < 1.29 is 17.9 Å². The first-order chi connectivity index (χ1) is 11.0. The lowest BCUT2D eigenvalue weighted by atomic mass is 10.2. The number of ether oxygens (including phenoxy) is 2. The molecule has 0 aromatic heterocycles. The van der Waals surface area contributed by atoms with Gasteiger partial charge in [-0.2, -0.15) is 13.5 Å². The van der Waals surface area contributed by atoms with Crippen molar-refractivity contribution in [3.63, 3.8) is 0 Å². The second kappa shape index (κ2) is 7.47. The normalized spacial score (nSPS) is 11.4. The lowest BCUT2D eigenvalue weighted by Gasteiger charge is -2.10. The number of hydrazone groups is 1. The highest BCUT2D eigenvalue weighted by atomic mass is 79.9. The second-order valence-electron chi connectivity index (χ2n) is 4.37. The van der Waals surface area contributed by atoms with Gasteiger partial charge in [0.25, 0.3) is 10.0 Å². The van der Waals surface area contributed by atoms with Gasteiger partial charge in [0, 0.05) is 5.56 Å². The maximum absolute atomic E-state index is 12.0. The number of hydrogen-bond donors (Lipinski definition) is 1. The quantitative estimate of drug-likeness (QED) is 0.599. The van der Waals surface area contributed by atoms with E-state index in [1.165, 1.54) is 32.6 Å². The van der Waals surface area contributed by atoms with Crippen LogP contribution >= 0.6 is 15.9 Å². The van der Waals surface area contributed by atoms with Gasteiger partial charge in [-0.25, -0.2) is 4.83 Å². The van der Waals surface area contributed by atoms with Gasteiger partial charge in [-0.15, -0.1) is 0 Å². The summed E-state index contributed by atoms with van der Waals surface area (Å²) in [6.07, 6.45) is 1.38. The molecule has 0 unspecified atom stereocenters. The van der Waals surface area contributed by atoms with E-state index in [2.05, 4.69) is 25.9 Å². The second-order valence-corrected chi connectivity index (χ2v) is 6.82. The van der Waals surface area contributed by atoms with E-state index in [1.807, 2.05) is 0 Å². The Morgan fingerprint density at radius 2 is 1.78 bits per heavy atom. The smallest absolute Gasteiger partial charge is 0.276 e. The maximum atomic E-state index is 12.0. The first-order valence-electron chi connectivity index (χ1n) is 6.50. The van der Waals surface area contributed by atoms with Crippen molar-refractivity contribution in [3.05, 3.63) is 52.5 Å². The summed E-state index contributed by atoms with van der Waals surface area (Å²) >= 11 is 3.39. The SMILES string of the molecule is COc1ccc(/C=N/NS(=O)(=O)c2ccccc2)c(Br)c1OC. The first-order valence-corrected chi connectivity index (χ1v) is 8.77. The molecule has 1 N–H and O–H groups in total. The fourth-order valence-electron chi connectivity index (χ4n) is 1.82. The third-order valence-electron chi connectivity index (χ3n) is 2.94. The molecule has 0 saturated heterocycles. The molecule has 122 valence electrons. The zero-order valence-corrected chi connectivity index (χ0v) is 14.9. The van der Waals surface area contributed by atoms with Gasteiger partial charge in [0.2, 0.25) is 0 Å². The van der Waals surface area contributed by atoms with Gasteiger partial charge in [0.1, 0.15) is 0 Å². The number of rotatable bonds is 6. The first kappa shape index (κ1) is 17.3. The highest BCUT2D eigenvalue weighted by molar-refractivity contribution is 9.10. The topological polar surface area (TPSA) is 77.0 Å². The van der Waals surface area contributed by atoms with Gasteiger partial charge in [-0.1, -0.05) is 18.2 Å². The van der Waals surface area contributed by atoms with Gasteiger partial charge < -0.3 is 9.47 Å². The molecule has 0 fully saturated rings. The Kier molecular flexibility index (Phi) is 5.62. The number of nitrogens with zero attached hydrogens (tertiary/aromatic N) is 1. The molecule has 2 aromatic rings. The van der Waals surface area contributed by atoms with Gasteiger partial charge in [-0.3, -0.25) is 0 Å². The zero-order valence-electron chi connectivity index (χ0n) is 12.5. The van der Waals surface area contributed by atoms with E-state index < -0.39 is 10.0 Å². The third-order valence-corrected chi connectivity index (χ3v) is 5.00. The molecule has 0 spiro atoms. The Morgan fingerprint density at radius 1 is 1.09 bits per heavy atom. The van der Waals surface area contributed by atoms with Crippen LogP contribution in [0.15, 0.2) is 56.9 Å². The van der Waals surface area contributed by atoms with Gasteiger partial charge in [-0.05, 0) is 40.2 Å². The predicted molar refractivity (Wildman–Crippen MR) is 91.6 cm³/mol. The molecule has 6 nitrogen and oxygen atoms in total. The highest BCUT2D eigenvalue weighted by Crippen LogP contribution is 2.36. The summed E-state index contributed by atoms with van der Waals surface area (Å²) < 4.78 is 35.1. The maximum Gasteiger partial charge on any atom is 0.276 e.